The van der Waals surface area contributed by atoms with Crippen molar-refractivity contribution >= 4 is 23.6 Å². The van der Waals surface area contributed by atoms with E-state index >= 15 is 0 Å². The van der Waals surface area contributed by atoms with Gasteiger partial charge in [0.1, 0.15) is 5.25 Å². The van der Waals surface area contributed by atoms with E-state index in [1.807, 2.05) is 53.3 Å². The van der Waals surface area contributed by atoms with E-state index < -0.39 is 5.97 Å². The Morgan fingerprint density at radius 2 is 1.92 bits per heavy atom. The van der Waals surface area contributed by atoms with Gasteiger partial charge in [0.05, 0.1) is 6.54 Å². The highest BCUT2D eigenvalue weighted by Gasteiger charge is 2.30. The minimum absolute atomic E-state index is 0.0760. The number of carboxylic acids is 1. The molecular formula is C18H26N2O3S. The first-order valence-corrected chi connectivity index (χ1v) is 9.68. The summed E-state index contributed by atoms with van der Waals surface area (Å²) in [6.45, 7) is 4.18. The van der Waals surface area contributed by atoms with Crippen LogP contribution in [0.15, 0.2) is 30.3 Å². The van der Waals surface area contributed by atoms with Gasteiger partial charge in [0.15, 0.2) is 0 Å². The Labute approximate surface area is 148 Å². The predicted molar refractivity (Wildman–Crippen MR) is 97.2 cm³/mol. The molecule has 1 unspecified atom stereocenters. The average Bonchev–Trinajstić information content (AvgIpc) is 2.61. The molecule has 0 aliphatic carbocycles. The molecule has 0 saturated carbocycles. The molecule has 0 aromatic heterocycles. The molecule has 2 rings (SSSR count). The van der Waals surface area contributed by atoms with Crippen molar-refractivity contribution in [2.45, 2.75) is 31.1 Å². The summed E-state index contributed by atoms with van der Waals surface area (Å²) in [5, 5.41) is 8.84. The first-order valence-electron chi connectivity index (χ1n) is 8.39. The van der Waals surface area contributed by atoms with Crippen LogP contribution in [0.1, 0.15) is 30.6 Å². The van der Waals surface area contributed by atoms with Crippen molar-refractivity contribution in [2.24, 2.45) is 0 Å². The lowest BCUT2D eigenvalue weighted by atomic mass is 10.0. The van der Waals surface area contributed by atoms with Crippen LogP contribution in [-0.4, -0.2) is 65.3 Å². The number of piperidine rings is 1. The van der Waals surface area contributed by atoms with E-state index in [9.17, 15) is 9.59 Å². The number of hydrogen-bond acceptors (Lipinski definition) is 4. The number of rotatable bonds is 7. The van der Waals surface area contributed by atoms with Crippen LogP contribution in [0.25, 0.3) is 0 Å². The number of carboxylic acid groups (broad SMARTS) is 1. The van der Waals surface area contributed by atoms with Crippen LogP contribution in [0, 0.1) is 0 Å². The van der Waals surface area contributed by atoms with E-state index in [4.69, 9.17) is 5.11 Å². The van der Waals surface area contributed by atoms with Crippen molar-refractivity contribution in [1.82, 2.24) is 9.80 Å². The minimum Gasteiger partial charge on any atom is -0.480 e. The van der Waals surface area contributed by atoms with Crippen LogP contribution < -0.4 is 0 Å². The predicted octanol–water partition coefficient (Wildman–Crippen LogP) is 2.49. The van der Waals surface area contributed by atoms with Crippen LogP contribution in [-0.2, 0) is 9.59 Å². The number of likely N-dealkylation sites (N-methyl/N-ethyl adjacent to an activating group) is 1. The molecule has 6 heteroatoms. The smallest absolute Gasteiger partial charge is 0.317 e. The van der Waals surface area contributed by atoms with Crippen LogP contribution in [0.2, 0.25) is 0 Å². The van der Waals surface area contributed by atoms with Crippen molar-refractivity contribution in [3.05, 3.63) is 35.9 Å². The van der Waals surface area contributed by atoms with Gasteiger partial charge in [0.2, 0.25) is 5.91 Å². The molecule has 1 aliphatic rings. The Morgan fingerprint density at radius 3 is 2.42 bits per heavy atom. The second kappa shape index (κ2) is 9.08. The normalized spacial score (nSPS) is 17.0. The summed E-state index contributed by atoms with van der Waals surface area (Å²) in [7, 11) is 0. The van der Waals surface area contributed by atoms with Gasteiger partial charge in [0.25, 0.3) is 0 Å². The van der Waals surface area contributed by atoms with Gasteiger partial charge in [-0.1, -0.05) is 37.3 Å². The quantitative estimate of drug-likeness (QED) is 0.819. The number of aliphatic carboxylic acids is 1. The van der Waals surface area contributed by atoms with Crippen LogP contribution in [0.4, 0.5) is 0 Å². The van der Waals surface area contributed by atoms with Gasteiger partial charge in [-0.3, -0.25) is 14.5 Å². The molecule has 1 atom stereocenters. The second-order valence-electron chi connectivity index (χ2n) is 6.04. The Kier molecular flexibility index (Phi) is 7.12. The van der Waals surface area contributed by atoms with Gasteiger partial charge >= 0.3 is 5.97 Å². The summed E-state index contributed by atoms with van der Waals surface area (Å²) in [6, 6.07) is 10.1. The zero-order chi connectivity index (χ0) is 17.5. The van der Waals surface area contributed by atoms with E-state index in [1.165, 1.54) is 0 Å². The summed E-state index contributed by atoms with van der Waals surface area (Å²) in [4.78, 5) is 27.7. The molecule has 1 N–H and O–H groups in total. The number of carbonyl (C=O) groups is 2. The first kappa shape index (κ1) is 18.8. The van der Waals surface area contributed by atoms with E-state index in [2.05, 4.69) is 0 Å². The fourth-order valence-electron chi connectivity index (χ4n) is 3.30. The fourth-order valence-corrected chi connectivity index (χ4v) is 4.08. The zero-order valence-electron chi connectivity index (χ0n) is 14.4. The Hall–Kier alpha value is -1.53. The van der Waals surface area contributed by atoms with E-state index in [0.717, 1.165) is 24.9 Å². The summed E-state index contributed by atoms with van der Waals surface area (Å²) in [5.41, 5.74) is 1.04. The highest BCUT2D eigenvalue weighted by molar-refractivity contribution is 7.99. The summed E-state index contributed by atoms with van der Waals surface area (Å²) in [5.74, 6) is -0.629. The van der Waals surface area contributed by atoms with Crippen LogP contribution in [0.3, 0.4) is 0 Å². The van der Waals surface area contributed by atoms with Gasteiger partial charge < -0.3 is 10.0 Å². The molecule has 132 valence electrons. The van der Waals surface area contributed by atoms with Crippen molar-refractivity contribution in [2.75, 3.05) is 32.4 Å². The van der Waals surface area contributed by atoms with Crippen molar-refractivity contribution in [1.29, 1.82) is 0 Å². The lowest BCUT2D eigenvalue weighted by Gasteiger charge is -2.38. The molecule has 0 radical (unpaired) electrons. The average molecular weight is 350 g/mol. The number of benzene rings is 1. The molecule has 1 aromatic carbocycles. The molecule has 1 fully saturated rings. The molecule has 1 aromatic rings. The van der Waals surface area contributed by atoms with E-state index in [1.54, 1.807) is 11.8 Å². The number of thioether (sulfide) groups is 1. The highest BCUT2D eigenvalue weighted by atomic mass is 32.2. The van der Waals surface area contributed by atoms with Gasteiger partial charge in [-0.2, -0.15) is 0 Å². The Balaban J connectivity index is 1.95. The molecule has 1 amide bonds. The largest absolute Gasteiger partial charge is 0.480 e. The number of nitrogens with zero attached hydrogens (tertiary/aromatic N) is 2. The molecule has 5 nitrogen and oxygen atoms in total. The summed E-state index contributed by atoms with van der Waals surface area (Å²) < 4.78 is 0. The second-order valence-corrected chi connectivity index (χ2v) is 6.98. The van der Waals surface area contributed by atoms with Crippen LogP contribution in [0.5, 0.6) is 0 Å². The third kappa shape index (κ3) is 4.74. The summed E-state index contributed by atoms with van der Waals surface area (Å²) >= 11 is 1.57. The third-order valence-corrected chi connectivity index (χ3v) is 5.54. The van der Waals surface area contributed by atoms with Gasteiger partial charge in [-0.15, -0.1) is 11.8 Å². The Morgan fingerprint density at radius 1 is 1.29 bits per heavy atom. The SMILES string of the molecule is CCN(CC(=O)O)C1CCN(C(=O)C(SC)c2ccccc2)CC1. The molecule has 0 bridgehead atoms. The maximum atomic E-state index is 12.9. The number of amides is 1. The first-order chi connectivity index (χ1) is 11.6. The van der Waals surface area contributed by atoms with Crippen molar-refractivity contribution < 1.29 is 14.7 Å². The maximum Gasteiger partial charge on any atom is 0.317 e. The molecule has 0 spiro atoms. The number of carbonyl (C=O) groups excluding carboxylic acids is 1. The summed E-state index contributed by atoms with van der Waals surface area (Å²) in [6.07, 6.45) is 3.64. The third-order valence-electron chi connectivity index (χ3n) is 4.60. The monoisotopic (exact) mass is 350 g/mol. The van der Waals surface area contributed by atoms with E-state index in [0.29, 0.717) is 13.1 Å². The number of hydrogen-bond donors (Lipinski definition) is 1. The molecule has 1 saturated heterocycles. The van der Waals surface area contributed by atoms with E-state index in [-0.39, 0.29) is 23.7 Å². The van der Waals surface area contributed by atoms with Gasteiger partial charge in [-0.25, -0.2) is 0 Å². The standard InChI is InChI=1S/C18H26N2O3S/c1-3-19(13-16(21)22)15-9-11-20(12-10-15)18(23)17(24-2)14-7-5-4-6-8-14/h4-8,15,17H,3,9-13H2,1-2H3,(H,21,22). The van der Waals surface area contributed by atoms with Crippen molar-refractivity contribution in [3.63, 3.8) is 0 Å². The molecule has 1 aliphatic heterocycles. The maximum absolute atomic E-state index is 12.9. The molecular weight excluding hydrogens is 324 g/mol. The molecule has 1 heterocycles. The lowest BCUT2D eigenvalue weighted by molar-refractivity contribution is -0.140. The highest BCUT2D eigenvalue weighted by Crippen LogP contribution is 2.30. The minimum atomic E-state index is -0.790. The van der Waals surface area contributed by atoms with Crippen molar-refractivity contribution in [3.8, 4) is 0 Å². The van der Waals surface area contributed by atoms with Gasteiger partial charge in [0, 0.05) is 19.1 Å². The topological polar surface area (TPSA) is 60.9 Å². The van der Waals surface area contributed by atoms with Gasteiger partial charge in [-0.05, 0) is 31.2 Å². The fraction of sp³-hybridized carbons (Fsp3) is 0.556. The van der Waals surface area contributed by atoms with Crippen LogP contribution >= 0.6 is 11.8 Å². The lowest BCUT2D eigenvalue weighted by Crippen LogP contribution is -2.48. The molecule has 24 heavy (non-hydrogen) atoms. The zero-order valence-corrected chi connectivity index (χ0v) is 15.2. The number of likely N-dealkylation sites (tertiary alicyclic amines) is 1. The Bertz CT molecular complexity index is 544.